The lowest BCUT2D eigenvalue weighted by Crippen LogP contribution is -2.61. The van der Waals surface area contributed by atoms with Gasteiger partial charge >= 0.3 is 5.97 Å². The molecule has 5 unspecified atom stereocenters. The lowest BCUT2D eigenvalue weighted by molar-refractivity contribution is -0.309. The summed E-state index contributed by atoms with van der Waals surface area (Å²) in [6.45, 7) is 4.24. The van der Waals surface area contributed by atoms with Gasteiger partial charge in [-0.15, -0.1) is 0 Å². The van der Waals surface area contributed by atoms with Gasteiger partial charge in [0.05, 0.1) is 18.3 Å². The summed E-state index contributed by atoms with van der Waals surface area (Å²) in [5, 5.41) is 60.6. The number of aliphatic hydroxyl groups is 5. The average Bonchev–Trinajstić information content (AvgIpc) is 3.03. The van der Waals surface area contributed by atoms with E-state index in [-0.39, 0.29) is 34.9 Å². The quantitative estimate of drug-likeness (QED) is 0.286. The van der Waals surface area contributed by atoms with Crippen molar-refractivity contribution < 1.29 is 49.7 Å². The third-order valence-electron chi connectivity index (χ3n) is 10.5. The van der Waals surface area contributed by atoms with Gasteiger partial charge in [0.1, 0.15) is 24.1 Å². The average molecular weight is 499 g/mol. The van der Waals surface area contributed by atoms with E-state index in [9.17, 15) is 40.2 Å². The van der Waals surface area contributed by atoms with Gasteiger partial charge in [0.25, 0.3) is 0 Å². The summed E-state index contributed by atoms with van der Waals surface area (Å²) in [6, 6.07) is 0. The highest BCUT2D eigenvalue weighted by atomic mass is 16.7. The summed E-state index contributed by atoms with van der Waals surface area (Å²) in [6.07, 6.45) is -5.81. The highest BCUT2D eigenvalue weighted by Gasteiger charge is 2.64. The van der Waals surface area contributed by atoms with E-state index in [1.807, 2.05) is 6.92 Å². The van der Waals surface area contributed by atoms with Crippen LogP contribution in [-0.2, 0) is 19.1 Å². The van der Waals surface area contributed by atoms with Gasteiger partial charge in [0.2, 0.25) is 0 Å². The standard InChI is InChI=1S/C25H38O10/c1-24-5-3-11(34-23-19(30)17(28)18(29)20(35-23)22(32)33)7-10(24)8-14(26)16-12(24)4-6-25(2)13(16)9-15(27)21(25)31/h10-13,15-21,23,27-31H,3-9H2,1-2H3,(H,32,33)/t10-,11+,12+,13+,15-,16-,17?,18?,19?,20?,21+,23?,24+,25+/m1/s1. The zero-order valence-electron chi connectivity index (χ0n) is 20.2. The molecule has 5 rings (SSSR count). The van der Waals surface area contributed by atoms with Crippen molar-refractivity contribution in [3.8, 4) is 0 Å². The molecule has 0 aromatic heterocycles. The van der Waals surface area contributed by atoms with Crippen molar-refractivity contribution in [1.29, 1.82) is 0 Å². The highest BCUT2D eigenvalue weighted by molar-refractivity contribution is 5.83. The zero-order valence-corrected chi connectivity index (χ0v) is 20.2. The SMILES string of the molecule is C[C@]12CC[C@H](OC3OC(C(=O)O)C(O)C(O)C3O)C[C@@H]1CC(=O)[C@@H]1[C@@H]2CC[C@]2(C)[C@@H](O)[C@H](O)C[C@@H]12. The van der Waals surface area contributed by atoms with E-state index in [0.29, 0.717) is 25.7 Å². The van der Waals surface area contributed by atoms with Crippen LogP contribution in [0.25, 0.3) is 0 Å². The van der Waals surface area contributed by atoms with Gasteiger partial charge in [-0.25, -0.2) is 4.79 Å². The number of fused-ring (bicyclic) bond motifs is 5. The lowest BCUT2D eigenvalue weighted by Gasteiger charge is -2.60. The second-order valence-corrected chi connectivity index (χ2v) is 12.2. The third-order valence-corrected chi connectivity index (χ3v) is 10.5. The maximum absolute atomic E-state index is 13.5. The van der Waals surface area contributed by atoms with Gasteiger partial charge in [-0.2, -0.15) is 0 Å². The molecule has 0 spiro atoms. The first kappa shape index (κ1) is 25.5. The minimum Gasteiger partial charge on any atom is -0.479 e. The van der Waals surface area contributed by atoms with Crippen LogP contribution in [-0.4, -0.2) is 91.4 Å². The minimum absolute atomic E-state index is 0.0304. The Balaban J connectivity index is 1.30. The van der Waals surface area contributed by atoms with Crippen LogP contribution in [0.2, 0.25) is 0 Å². The number of carbonyl (C=O) groups is 2. The summed E-state index contributed by atoms with van der Waals surface area (Å²) >= 11 is 0. The van der Waals surface area contributed by atoms with Gasteiger partial charge in [0.15, 0.2) is 12.4 Å². The van der Waals surface area contributed by atoms with E-state index in [4.69, 9.17) is 9.47 Å². The Kier molecular flexibility index (Phi) is 6.35. The highest BCUT2D eigenvalue weighted by Crippen LogP contribution is 2.65. The largest absolute Gasteiger partial charge is 0.479 e. The number of carboxylic acid groups (broad SMARTS) is 1. The molecular weight excluding hydrogens is 460 g/mol. The number of Topliss-reactive ketones (excluding diaryl/α,β-unsaturated/α-hetero) is 1. The predicted molar refractivity (Wildman–Crippen MR) is 119 cm³/mol. The fraction of sp³-hybridized carbons (Fsp3) is 0.920. The number of ether oxygens (including phenoxy) is 2. The molecule has 198 valence electrons. The van der Waals surface area contributed by atoms with E-state index in [1.54, 1.807) is 0 Å². The fourth-order valence-corrected chi connectivity index (χ4v) is 8.36. The van der Waals surface area contributed by atoms with E-state index in [2.05, 4.69) is 6.92 Å². The maximum Gasteiger partial charge on any atom is 0.335 e. The molecule has 14 atom stereocenters. The third kappa shape index (κ3) is 3.79. The molecule has 35 heavy (non-hydrogen) atoms. The molecule has 10 nitrogen and oxygen atoms in total. The molecule has 0 bridgehead atoms. The van der Waals surface area contributed by atoms with Gasteiger partial charge in [-0.05, 0) is 67.1 Å². The molecule has 0 aromatic carbocycles. The molecule has 6 N–H and O–H groups in total. The molecule has 4 aliphatic carbocycles. The van der Waals surface area contributed by atoms with Crippen LogP contribution in [0.1, 0.15) is 58.8 Å². The first-order chi connectivity index (χ1) is 16.4. The molecule has 0 aromatic rings. The number of rotatable bonds is 3. The van der Waals surface area contributed by atoms with Crippen LogP contribution in [0.15, 0.2) is 0 Å². The van der Waals surface area contributed by atoms with Crippen LogP contribution in [0.5, 0.6) is 0 Å². The van der Waals surface area contributed by atoms with E-state index in [1.165, 1.54) is 0 Å². The molecule has 4 saturated carbocycles. The van der Waals surface area contributed by atoms with Gasteiger partial charge in [-0.3, -0.25) is 4.79 Å². The topological polar surface area (TPSA) is 174 Å². The molecule has 1 saturated heterocycles. The van der Waals surface area contributed by atoms with Crippen LogP contribution < -0.4 is 0 Å². The van der Waals surface area contributed by atoms with Gasteiger partial charge in [0, 0.05) is 12.3 Å². The van der Waals surface area contributed by atoms with Crippen molar-refractivity contribution in [1.82, 2.24) is 0 Å². The number of hydrogen-bond donors (Lipinski definition) is 6. The number of aliphatic hydroxyl groups excluding tert-OH is 5. The molecule has 5 aliphatic rings. The van der Waals surface area contributed by atoms with Crippen molar-refractivity contribution in [2.45, 2.75) is 108 Å². The Morgan fingerprint density at radius 2 is 1.63 bits per heavy atom. The number of ketones is 1. The Morgan fingerprint density at radius 3 is 2.31 bits per heavy atom. The molecule has 0 amide bonds. The Labute approximate surface area is 204 Å². The summed E-state index contributed by atoms with van der Waals surface area (Å²) in [5.41, 5.74) is -0.552. The van der Waals surface area contributed by atoms with Crippen molar-refractivity contribution >= 4 is 11.8 Å². The second-order valence-electron chi connectivity index (χ2n) is 12.2. The van der Waals surface area contributed by atoms with Crippen LogP contribution in [0.4, 0.5) is 0 Å². The van der Waals surface area contributed by atoms with Crippen LogP contribution in [0, 0.1) is 34.5 Å². The Morgan fingerprint density at radius 1 is 0.943 bits per heavy atom. The first-order valence-corrected chi connectivity index (χ1v) is 12.8. The minimum atomic E-state index is -1.77. The molecule has 1 heterocycles. The molecular formula is C25H38O10. The number of aliphatic carboxylic acids is 1. The predicted octanol–water partition coefficient (Wildman–Crippen LogP) is -0.183. The van der Waals surface area contributed by atoms with Crippen LogP contribution >= 0.6 is 0 Å². The fourth-order valence-electron chi connectivity index (χ4n) is 8.36. The number of carbonyl (C=O) groups excluding carboxylic acids is 1. The molecule has 0 radical (unpaired) electrons. The maximum atomic E-state index is 13.5. The molecule has 5 fully saturated rings. The van der Waals surface area contributed by atoms with Crippen molar-refractivity contribution in [3.05, 3.63) is 0 Å². The Hall–Kier alpha value is -1.14. The normalized spacial score (nSPS) is 56.1. The summed E-state index contributed by atoms with van der Waals surface area (Å²) in [5.74, 6) is -1.28. The van der Waals surface area contributed by atoms with Crippen molar-refractivity contribution in [2.24, 2.45) is 34.5 Å². The first-order valence-electron chi connectivity index (χ1n) is 12.8. The summed E-state index contributed by atoms with van der Waals surface area (Å²) in [7, 11) is 0. The smallest absolute Gasteiger partial charge is 0.335 e. The van der Waals surface area contributed by atoms with Crippen molar-refractivity contribution in [2.75, 3.05) is 0 Å². The Bertz CT molecular complexity index is 865. The van der Waals surface area contributed by atoms with E-state index < -0.39 is 60.4 Å². The summed E-state index contributed by atoms with van der Waals surface area (Å²) in [4.78, 5) is 24.9. The van der Waals surface area contributed by atoms with Crippen molar-refractivity contribution in [3.63, 3.8) is 0 Å². The molecule has 10 heteroatoms. The zero-order chi connectivity index (χ0) is 25.4. The summed E-state index contributed by atoms with van der Waals surface area (Å²) < 4.78 is 11.2. The monoisotopic (exact) mass is 498 g/mol. The number of hydrogen-bond acceptors (Lipinski definition) is 9. The van der Waals surface area contributed by atoms with Gasteiger partial charge in [-0.1, -0.05) is 13.8 Å². The van der Waals surface area contributed by atoms with Crippen LogP contribution in [0.3, 0.4) is 0 Å². The van der Waals surface area contributed by atoms with E-state index >= 15 is 0 Å². The molecule has 1 aliphatic heterocycles. The van der Waals surface area contributed by atoms with Gasteiger partial charge < -0.3 is 40.1 Å². The lowest BCUT2D eigenvalue weighted by atomic mass is 9.45. The second kappa shape index (κ2) is 8.72. The van der Waals surface area contributed by atoms with E-state index in [0.717, 1.165) is 19.3 Å². The number of carboxylic acids is 1.